The van der Waals surface area contributed by atoms with Gasteiger partial charge in [-0.05, 0) is 30.3 Å². The number of ether oxygens (including phenoxy) is 1. The average molecular weight is 398 g/mol. The van der Waals surface area contributed by atoms with Gasteiger partial charge < -0.3 is 15.0 Å². The van der Waals surface area contributed by atoms with E-state index in [1.807, 2.05) is 43.4 Å². The summed E-state index contributed by atoms with van der Waals surface area (Å²) < 4.78 is 6.28. The minimum absolute atomic E-state index is 0.0591. The van der Waals surface area contributed by atoms with E-state index < -0.39 is 0 Å². The topological polar surface area (TPSA) is 41.6 Å². The normalized spacial score (nSPS) is 10.2. The lowest BCUT2D eigenvalue weighted by molar-refractivity contribution is -0.123. The van der Waals surface area contributed by atoms with E-state index in [-0.39, 0.29) is 12.5 Å². The summed E-state index contributed by atoms with van der Waals surface area (Å²) in [5.41, 5.74) is 1.11. The highest BCUT2D eigenvalue weighted by molar-refractivity contribution is 9.10. The molecule has 0 heterocycles. The van der Waals surface area contributed by atoms with Crippen molar-refractivity contribution in [2.45, 2.75) is 0 Å². The molecule has 0 aromatic heterocycles. The molecule has 0 saturated carbocycles. The predicted octanol–water partition coefficient (Wildman–Crippen LogP) is 3.73. The van der Waals surface area contributed by atoms with Gasteiger partial charge in [0.1, 0.15) is 5.75 Å². The van der Waals surface area contributed by atoms with Crippen LogP contribution in [0.5, 0.6) is 5.75 Å². The molecule has 6 heteroatoms. The van der Waals surface area contributed by atoms with Crippen LogP contribution in [0.3, 0.4) is 0 Å². The van der Waals surface area contributed by atoms with Crippen LogP contribution in [-0.4, -0.2) is 32.7 Å². The van der Waals surface area contributed by atoms with E-state index in [9.17, 15) is 4.79 Å². The Bertz CT molecular complexity index is 652. The van der Waals surface area contributed by atoms with Crippen LogP contribution in [-0.2, 0) is 4.79 Å². The molecule has 1 N–H and O–H groups in total. The first kappa shape index (κ1) is 17.6. The Morgan fingerprint density at radius 3 is 2.70 bits per heavy atom. The summed E-state index contributed by atoms with van der Waals surface area (Å²) in [5.74, 6) is 0.317. The fraction of sp³-hybridized carbons (Fsp3) is 0.235. The standard InChI is InChI=1S/C17H18BrClN2O2/c1-21(14-5-3-2-4-6-14)10-9-20-17(22)12-23-16-8-7-13(18)11-15(16)19/h2-8,11H,9-10,12H2,1H3,(H,20,22). The fourth-order valence-electron chi connectivity index (χ4n) is 1.96. The van der Waals surface area contributed by atoms with E-state index in [4.69, 9.17) is 16.3 Å². The molecule has 2 aromatic rings. The van der Waals surface area contributed by atoms with Crippen LogP contribution in [0.25, 0.3) is 0 Å². The van der Waals surface area contributed by atoms with E-state index in [1.165, 1.54) is 0 Å². The maximum atomic E-state index is 11.8. The molecule has 2 aromatic carbocycles. The van der Waals surface area contributed by atoms with Crippen molar-refractivity contribution in [1.82, 2.24) is 5.32 Å². The van der Waals surface area contributed by atoms with Gasteiger partial charge in [-0.25, -0.2) is 0 Å². The number of nitrogens with zero attached hydrogens (tertiary/aromatic N) is 1. The monoisotopic (exact) mass is 396 g/mol. The van der Waals surface area contributed by atoms with E-state index >= 15 is 0 Å². The molecule has 0 bridgehead atoms. The Hall–Kier alpha value is -1.72. The van der Waals surface area contributed by atoms with Crippen molar-refractivity contribution in [1.29, 1.82) is 0 Å². The van der Waals surface area contributed by atoms with E-state index in [1.54, 1.807) is 12.1 Å². The Labute approximate surface area is 149 Å². The second kappa shape index (κ2) is 8.79. The molecule has 1 amide bonds. The van der Waals surface area contributed by atoms with Crippen molar-refractivity contribution < 1.29 is 9.53 Å². The number of hydrogen-bond donors (Lipinski definition) is 1. The van der Waals surface area contributed by atoms with Crippen molar-refractivity contribution in [3.8, 4) is 5.75 Å². The zero-order chi connectivity index (χ0) is 16.7. The number of para-hydroxylation sites is 1. The maximum absolute atomic E-state index is 11.8. The third kappa shape index (κ3) is 5.77. The van der Waals surface area contributed by atoms with Crippen LogP contribution in [0.2, 0.25) is 5.02 Å². The van der Waals surface area contributed by atoms with Crippen LogP contribution in [0, 0.1) is 0 Å². The number of likely N-dealkylation sites (N-methyl/N-ethyl adjacent to an activating group) is 1. The molecular formula is C17H18BrClN2O2. The van der Waals surface area contributed by atoms with Gasteiger partial charge in [-0.1, -0.05) is 45.7 Å². The largest absolute Gasteiger partial charge is 0.482 e. The zero-order valence-corrected chi connectivity index (χ0v) is 15.1. The fourth-order valence-corrected chi connectivity index (χ4v) is 2.69. The first-order chi connectivity index (χ1) is 11.1. The molecule has 0 saturated heterocycles. The molecule has 0 unspecified atom stereocenters. The number of benzene rings is 2. The van der Waals surface area contributed by atoms with Gasteiger partial charge in [-0.2, -0.15) is 0 Å². The van der Waals surface area contributed by atoms with Gasteiger partial charge in [0, 0.05) is 30.3 Å². The van der Waals surface area contributed by atoms with Gasteiger partial charge in [-0.3, -0.25) is 4.79 Å². The van der Waals surface area contributed by atoms with Gasteiger partial charge in [0.05, 0.1) is 5.02 Å². The Balaban J connectivity index is 1.71. The average Bonchev–Trinajstić information content (AvgIpc) is 2.54. The molecule has 23 heavy (non-hydrogen) atoms. The van der Waals surface area contributed by atoms with Crippen LogP contribution in [0.15, 0.2) is 53.0 Å². The SMILES string of the molecule is CN(CCNC(=O)COc1ccc(Br)cc1Cl)c1ccccc1. The summed E-state index contributed by atoms with van der Waals surface area (Å²) in [5, 5.41) is 3.29. The minimum Gasteiger partial charge on any atom is -0.482 e. The van der Waals surface area contributed by atoms with Crippen molar-refractivity contribution in [2.75, 3.05) is 31.6 Å². The van der Waals surface area contributed by atoms with Crippen LogP contribution in [0.4, 0.5) is 5.69 Å². The molecule has 0 spiro atoms. The number of carbonyl (C=O) groups excluding carboxylic acids is 1. The number of carbonyl (C=O) groups is 1. The van der Waals surface area contributed by atoms with Crippen molar-refractivity contribution in [3.63, 3.8) is 0 Å². The lowest BCUT2D eigenvalue weighted by Crippen LogP contribution is -2.35. The third-order valence-electron chi connectivity index (χ3n) is 3.22. The predicted molar refractivity (Wildman–Crippen MR) is 97.4 cm³/mol. The van der Waals surface area contributed by atoms with Gasteiger partial charge in [0.25, 0.3) is 5.91 Å². The lowest BCUT2D eigenvalue weighted by Gasteiger charge is -2.19. The molecule has 0 aliphatic rings. The van der Waals surface area contributed by atoms with Crippen LogP contribution in [0.1, 0.15) is 0 Å². The zero-order valence-electron chi connectivity index (χ0n) is 12.8. The minimum atomic E-state index is -0.176. The van der Waals surface area contributed by atoms with E-state index in [0.29, 0.717) is 17.3 Å². The summed E-state index contributed by atoms with van der Waals surface area (Å²) in [4.78, 5) is 13.9. The highest BCUT2D eigenvalue weighted by atomic mass is 79.9. The van der Waals surface area contributed by atoms with Gasteiger partial charge in [0.2, 0.25) is 0 Å². The van der Waals surface area contributed by atoms with Crippen molar-refractivity contribution in [2.24, 2.45) is 0 Å². The molecule has 2 rings (SSSR count). The molecule has 4 nitrogen and oxygen atoms in total. The van der Waals surface area contributed by atoms with Gasteiger partial charge >= 0.3 is 0 Å². The number of amides is 1. The quantitative estimate of drug-likeness (QED) is 0.774. The number of anilines is 1. The number of hydrogen-bond acceptors (Lipinski definition) is 3. The summed E-state index contributed by atoms with van der Waals surface area (Å²) >= 11 is 9.35. The number of nitrogens with one attached hydrogen (secondary N) is 1. The molecular weight excluding hydrogens is 380 g/mol. The number of rotatable bonds is 7. The van der Waals surface area contributed by atoms with Crippen LogP contribution < -0.4 is 15.0 Å². The second-order valence-corrected chi connectivity index (χ2v) is 6.29. The maximum Gasteiger partial charge on any atom is 0.258 e. The van der Waals surface area contributed by atoms with E-state index in [2.05, 4.69) is 26.1 Å². The Kier molecular flexibility index (Phi) is 6.74. The first-order valence-electron chi connectivity index (χ1n) is 7.17. The van der Waals surface area contributed by atoms with Crippen molar-refractivity contribution in [3.05, 3.63) is 58.0 Å². The highest BCUT2D eigenvalue weighted by Gasteiger charge is 2.07. The summed E-state index contributed by atoms with van der Waals surface area (Å²) in [6.45, 7) is 1.20. The molecule has 0 aliphatic carbocycles. The summed E-state index contributed by atoms with van der Waals surface area (Å²) in [7, 11) is 1.99. The smallest absolute Gasteiger partial charge is 0.258 e. The lowest BCUT2D eigenvalue weighted by atomic mass is 10.3. The molecule has 0 fully saturated rings. The molecule has 0 atom stereocenters. The highest BCUT2D eigenvalue weighted by Crippen LogP contribution is 2.27. The summed E-state index contributed by atoms with van der Waals surface area (Å²) in [6, 6.07) is 15.3. The molecule has 0 aliphatic heterocycles. The van der Waals surface area contributed by atoms with Gasteiger partial charge in [0.15, 0.2) is 6.61 Å². The van der Waals surface area contributed by atoms with Crippen molar-refractivity contribution >= 4 is 39.1 Å². The Morgan fingerprint density at radius 1 is 1.26 bits per heavy atom. The Morgan fingerprint density at radius 2 is 2.00 bits per heavy atom. The van der Waals surface area contributed by atoms with E-state index in [0.717, 1.165) is 16.7 Å². The second-order valence-electron chi connectivity index (χ2n) is 4.97. The van der Waals surface area contributed by atoms with Crippen LogP contribution >= 0.6 is 27.5 Å². The molecule has 0 radical (unpaired) electrons. The number of halogens is 2. The first-order valence-corrected chi connectivity index (χ1v) is 8.34. The van der Waals surface area contributed by atoms with Gasteiger partial charge in [-0.15, -0.1) is 0 Å². The molecule has 122 valence electrons. The third-order valence-corrected chi connectivity index (χ3v) is 4.01. The summed E-state index contributed by atoms with van der Waals surface area (Å²) in [6.07, 6.45) is 0.